The van der Waals surface area contributed by atoms with Crippen LogP contribution in [0.5, 0.6) is 0 Å². The first-order chi connectivity index (χ1) is 6.59. The van der Waals surface area contributed by atoms with Crippen molar-refractivity contribution < 1.29 is 14.3 Å². The van der Waals surface area contributed by atoms with Gasteiger partial charge in [0.15, 0.2) is 0 Å². The molecule has 0 unspecified atom stereocenters. The summed E-state index contributed by atoms with van der Waals surface area (Å²) in [6, 6.07) is 1.04. The second-order valence-corrected chi connectivity index (χ2v) is 3.07. The van der Waals surface area contributed by atoms with Gasteiger partial charge < -0.3 is 5.11 Å². The Morgan fingerprint density at radius 3 is 3.00 bits per heavy atom. The lowest BCUT2D eigenvalue weighted by molar-refractivity contribution is 0.0699. The van der Waals surface area contributed by atoms with Crippen molar-refractivity contribution in [3.05, 3.63) is 34.9 Å². The molecule has 2 rings (SSSR count). The van der Waals surface area contributed by atoms with Gasteiger partial charge in [-0.3, -0.25) is 0 Å². The lowest BCUT2D eigenvalue weighted by atomic mass is 10.2. The first-order valence-electron chi connectivity index (χ1n) is 3.65. The van der Waals surface area contributed by atoms with Crippen LogP contribution in [0, 0.1) is 5.82 Å². The number of aromatic carboxylic acids is 1. The molecule has 0 spiro atoms. The molecule has 0 amide bonds. The molecule has 2 aromatic rings. The summed E-state index contributed by atoms with van der Waals surface area (Å²) in [5.74, 6) is -1.82. The number of hydrogen-bond acceptors (Lipinski definition) is 2. The highest BCUT2D eigenvalue weighted by atomic mass is 35.5. The first kappa shape index (κ1) is 8.96. The van der Waals surface area contributed by atoms with Gasteiger partial charge in [0.1, 0.15) is 11.4 Å². The molecule has 0 radical (unpaired) electrons. The smallest absolute Gasteiger partial charge is 0.339 e. The summed E-state index contributed by atoms with van der Waals surface area (Å²) in [5, 5.41) is 12.4. The third-order valence-corrected chi connectivity index (χ3v) is 2.07. The summed E-state index contributed by atoms with van der Waals surface area (Å²) < 4.78 is 14.2. The number of carboxylic acid groups (broad SMARTS) is 1. The molecule has 2 aromatic heterocycles. The summed E-state index contributed by atoms with van der Waals surface area (Å²) in [6.07, 6.45) is 2.37. The van der Waals surface area contributed by atoms with Crippen LogP contribution in [0.1, 0.15) is 10.4 Å². The minimum Gasteiger partial charge on any atom is -0.478 e. The van der Waals surface area contributed by atoms with Crippen LogP contribution in [0.4, 0.5) is 4.39 Å². The van der Waals surface area contributed by atoms with E-state index in [9.17, 15) is 9.18 Å². The van der Waals surface area contributed by atoms with Crippen LogP contribution >= 0.6 is 11.6 Å². The predicted octanol–water partition coefficient (Wildman–Crippen LogP) is 1.82. The fourth-order valence-electron chi connectivity index (χ4n) is 1.14. The molecule has 0 atom stereocenters. The number of carbonyl (C=O) groups is 1. The highest BCUT2D eigenvalue weighted by molar-refractivity contribution is 6.30. The van der Waals surface area contributed by atoms with Crippen LogP contribution in [0.3, 0.4) is 0 Å². The van der Waals surface area contributed by atoms with Crippen molar-refractivity contribution in [3.8, 4) is 0 Å². The van der Waals surface area contributed by atoms with Crippen molar-refractivity contribution in [3.63, 3.8) is 0 Å². The Morgan fingerprint density at radius 2 is 2.36 bits per heavy atom. The molecule has 0 saturated heterocycles. The number of aromatic nitrogens is 2. The number of hydrogen-bond donors (Lipinski definition) is 1. The number of nitrogens with zero attached hydrogens (tertiary/aromatic N) is 2. The Morgan fingerprint density at radius 1 is 1.64 bits per heavy atom. The molecule has 0 fully saturated rings. The second-order valence-electron chi connectivity index (χ2n) is 2.66. The van der Waals surface area contributed by atoms with Gasteiger partial charge in [-0.2, -0.15) is 5.10 Å². The number of halogens is 2. The molecule has 6 heteroatoms. The minimum absolute atomic E-state index is 0.0550. The van der Waals surface area contributed by atoms with E-state index < -0.39 is 11.8 Å². The van der Waals surface area contributed by atoms with E-state index in [1.54, 1.807) is 0 Å². The van der Waals surface area contributed by atoms with Gasteiger partial charge in [-0.05, 0) is 0 Å². The molecule has 0 aliphatic rings. The number of pyridine rings is 1. The summed E-state index contributed by atoms with van der Waals surface area (Å²) >= 11 is 5.49. The molecule has 2 heterocycles. The SMILES string of the molecule is O=C(O)c1cnn2cc(Cl)c(F)cc12. The van der Waals surface area contributed by atoms with Crippen LogP contribution < -0.4 is 0 Å². The van der Waals surface area contributed by atoms with E-state index in [0.717, 1.165) is 12.3 Å². The Balaban J connectivity index is 2.80. The van der Waals surface area contributed by atoms with Crippen molar-refractivity contribution >= 4 is 23.1 Å². The van der Waals surface area contributed by atoms with E-state index in [2.05, 4.69) is 5.10 Å². The van der Waals surface area contributed by atoms with Crippen molar-refractivity contribution in [2.24, 2.45) is 0 Å². The summed E-state index contributed by atoms with van der Waals surface area (Å²) in [6.45, 7) is 0. The average Bonchev–Trinajstić information content (AvgIpc) is 2.48. The van der Waals surface area contributed by atoms with Crippen LogP contribution in [0.15, 0.2) is 18.5 Å². The van der Waals surface area contributed by atoms with Gasteiger partial charge in [-0.1, -0.05) is 11.6 Å². The van der Waals surface area contributed by atoms with Gasteiger partial charge in [-0.15, -0.1) is 0 Å². The van der Waals surface area contributed by atoms with Crippen LogP contribution in [0.25, 0.3) is 5.52 Å². The van der Waals surface area contributed by atoms with Crippen LogP contribution in [-0.2, 0) is 0 Å². The zero-order valence-electron chi connectivity index (χ0n) is 6.74. The largest absolute Gasteiger partial charge is 0.478 e. The third-order valence-electron chi connectivity index (χ3n) is 1.79. The molecule has 0 aliphatic carbocycles. The molecule has 4 nitrogen and oxygen atoms in total. The summed E-state index contributed by atoms with van der Waals surface area (Å²) in [5.41, 5.74) is 0.125. The van der Waals surface area contributed by atoms with Crippen molar-refractivity contribution in [2.45, 2.75) is 0 Å². The van der Waals surface area contributed by atoms with E-state index in [1.807, 2.05) is 0 Å². The van der Waals surface area contributed by atoms with E-state index in [-0.39, 0.29) is 16.1 Å². The maximum absolute atomic E-state index is 13.0. The zero-order valence-corrected chi connectivity index (χ0v) is 7.49. The quantitative estimate of drug-likeness (QED) is 0.788. The normalized spacial score (nSPS) is 10.7. The standard InChI is InChI=1S/C8H4ClFN2O2/c9-5-3-12-7(1-6(5)10)4(2-11-12)8(13)14/h1-3H,(H,13,14). The predicted molar refractivity (Wildman–Crippen MR) is 47.1 cm³/mol. The molecular weight excluding hydrogens is 211 g/mol. The van der Waals surface area contributed by atoms with Crippen molar-refractivity contribution in [2.75, 3.05) is 0 Å². The van der Waals surface area contributed by atoms with Crippen LogP contribution in [0.2, 0.25) is 5.02 Å². The maximum atomic E-state index is 13.0. The van der Waals surface area contributed by atoms with Gasteiger partial charge in [0.25, 0.3) is 0 Å². The Labute approximate surface area is 82.5 Å². The molecule has 0 bridgehead atoms. The average molecular weight is 215 g/mol. The van der Waals surface area contributed by atoms with Gasteiger partial charge in [0.05, 0.1) is 22.9 Å². The van der Waals surface area contributed by atoms with Gasteiger partial charge >= 0.3 is 5.97 Å². The van der Waals surface area contributed by atoms with Crippen molar-refractivity contribution in [1.82, 2.24) is 9.61 Å². The van der Waals surface area contributed by atoms with E-state index in [4.69, 9.17) is 16.7 Å². The van der Waals surface area contributed by atoms with Crippen LogP contribution in [-0.4, -0.2) is 20.7 Å². The number of fused-ring (bicyclic) bond motifs is 1. The van der Waals surface area contributed by atoms with E-state index in [1.165, 1.54) is 10.7 Å². The summed E-state index contributed by atoms with van der Waals surface area (Å²) in [7, 11) is 0. The lowest BCUT2D eigenvalue weighted by Crippen LogP contribution is -1.96. The first-order valence-corrected chi connectivity index (χ1v) is 4.03. The molecule has 72 valence electrons. The third kappa shape index (κ3) is 1.22. The number of rotatable bonds is 1. The van der Waals surface area contributed by atoms with Gasteiger partial charge in [0, 0.05) is 6.07 Å². The Bertz CT molecular complexity index is 523. The molecule has 1 N–H and O–H groups in total. The second kappa shape index (κ2) is 2.95. The lowest BCUT2D eigenvalue weighted by Gasteiger charge is -1.96. The van der Waals surface area contributed by atoms with E-state index >= 15 is 0 Å². The molecule has 14 heavy (non-hydrogen) atoms. The topological polar surface area (TPSA) is 54.6 Å². The highest BCUT2D eigenvalue weighted by Crippen LogP contribution is 2.18. The molecular formula is C8H4ClFN2O2. The number of carboxylic acids is 1. The Hall–Kier alpha value is -1.62. The fourth-order valence-corrected chi connectivity index (χ4v) is 1.29. The monoisotopic (exact) mass is 214 g/mol. The fraction of sp³-hybridized carbons (Fsp3) is 0. The highest BCUT2D eigenvalue weighted by Gasteiger charge is 2.13. The van der Waals surface area contributed by atoms with E-state index in [0.29, 0.717) is 0 Å². The minimum atomic E-state index is -1.15. The maximum Gasteiger partial charge on any atom is 0.339 e. The van der Waals surface area contributed by atoms with Crippen molar-refractivity contribution in [1.29, 1.82) is 0 Å². The Kier molecular flexibility index (Phi) is 1.89. The zero-order chi connectivity index (χ0) is 10.3. The summed E-state index contributed by atoms with van der Waals surface area (Å²) in [4.78, 5) is 10.7. The van der Waals surface area contributed by atoms with Gasteiger partial charge in [0.2, 0.25) is 0 Å². The molecule has 0 saturated carbocycles. The molecule has 0 aromatic carbocycles. The van der Waals surface area contributed by atoms with Gasteiger partial charge in [-0.25, -0.2) is 13.7 Å². The molecule has 0 aliphatic heterocycles.